The zero-order chi connectivity index (χ0) is 20.6. The summed E-state index contributed by atoms with van der Waals surface area (Å²) in [6.45, 7) is 1.83. The minimum atomic E-state index is -0.588. The van der Waals surface area contributed by atoms with Gasteiger partial charge in [0.25, 0.3) is 5.91 Å². The number of hydrogen-bond acceptors (Lipinski definition) is 4. The van der Waals surface area contributed by atoms with Crippen LogP contribution in [0.25, 0.3) is 0 Å². The van der Waals surface area contributed by atoms with Crippen LogP contribution in [-0.2, 0) is 0 Å². The Labute approximate surface area is 168 Å². The summed E-state index contributed by atoms with van der Waals surface area (Å²) in [6, 6.07) is 22.4. The number of nitrogens with one attached hydrogen (secondary N) is 3. The fourth-order valence-electron chi connectivity index (χ4n) is 2.67. The maximum Gasteiger partial charge on any atom is 0.319 e. The van der Waals surface area contributed by atoms with Gasteiger partial charge in [-0.3, -0.25) is 10.0 Å². The van der Waals surface area contributed by atoms with Crippen LogP contribution in [0.5, 0.6) is 11.5 Å². The molecule has 0 aromatic heterocycles. The Balaban J connectivity index is 1.54. The lowest BCUT2D eigenvalue weighted by Crippen LogP contribution is -2.31. The number of para-hydroxylation sites is 1. The van der Waals surface area contributed by atoms with E-state index in [4.69, 9.17) is 9.94 Å². The number of ether oxygens (including phenoxy) is 1. The van der Waals surface area contributed by atoms with Gasteiger partial charge in [0.15, 0.2) is 0 Å². The van der Waals surface area contributed by atoms with Crippen molar-refractivity contribution in [3.8, 4) is 11.5 Å². The van der Waals surface area contributed by atoms with Crippen LogP contribution in [-0.4, -0.2) is 17.1 Å². The number of carbonyl (C=O) groups is 2. The minimum Gasteiger partial charge on any atom is -0.457 e. The number of rotatable bonds is 6. The largest absolute Gasteiger partial charge is 0.457 e. The quantitative estimate of drug-likeness (QED) is 0.368. The standard InChI is InChI=1S/C22H21N3O4/c1-15(16-7-9-17(10-8-16)21(26)25-28)23-22(27)24-18-11-13-20(14-12-18)29-19-5-3-2-4-6-19/h2-15,28H,1H3,(H,25,26)(H2,23,24,27). The lowest BCUT2D eigenvalue weighted by atomic mass is 10.1. The van der Waals surface area contributed by atoms with Crippen molar-refractivity contribution in [3.63, 3.8) is 0 Å². The van der Waals surface area contributed by atoms with E-state index >= 15 is 0 Å². The van der Waals surface area contributed by atoms with Gasteiger partial charge in [0.2, 0.25) is 0 Å². The van der Waals surface area contributed by atoms with Crippen LogP contribution < -0.4 is 20.9 Å². The van der Waals surface area contributed by atoms with Crippen molar-refractivity contribution in [2.75, 3.05) is 5.32 Å². The predicted molar refractivity (Wildman–Crippen MR) is 109 cm³/mol. The fraction of sp³-hybridized carbons (Fsp3) is 0.0909. The van der Waals surface area contributed by atoms with Crippen LogP contribution in [0, 0.1) is 0 Å². The van der Waals surface area contributed by atoms with E-state index in [-0.39, 0.29) is 12.1 Å². The fourth-order valence-corrected chi connectivity index (χ4v) is 2.67. The molecule has 0 fully saturated rings. The molecule has 7 heteroatoms. The molecule has 0 aliphatic carbocycles. The Bertz CT molecular complexity index is 958. The normalized spacial score (nSPS) is 11.2. The average Bonchev–Trinajstić information content (AvgIpc) is 2.75. The van der Waals surface area contributed by atoms with Crippen LogP contribution in [0.3, 0.4) is 0 Å². The van der Waals surface area contributed by atoms with Crippen LogP contribution in [0.1, 0.15) is 28.9 Å². The first-order valence-corrected chi connectivity index (χ1v) is 9.00. The molecule has 148 valence electrons. The molecule has 3 aromatic carbocycles. The molecule has 0 bridgehead atoms. The van der Waals surface area contributed by atoms with Crippen molar-refractivity contribution >= 4 is 17.6 Å². The summed E-state index contributed by atoms with van der Waals surface area (Å²) in [5, 5.41) is 14.2. The molecule has 3 amide bonds. The van der Waals surface area contributed by atoms with E-state index in [1.54, 1.807) is 54.0 Å². The maximum atomic E-state index is 12.2. The molecule has 0 saturated heterocycles. The zero-order valence-corrected chi connectivity index (χ0v) is 15.8. The lowest BCUT2D eigenvalue weighted by Gasteiger charge is -2.15. The summed E-state index contributed by atoms with van der Waals surface area (Å²) < 4.78 is 5.72. The Kier molecular flexibility index (Phi) is 6.44. The molecular weight excluding hydrogens is 370 g/mol. The van der Waals surface area contributed by atoms with Gasteiger partial charge in [-0.25, -0.2) is 10.3 Å². The van der Waals surface area contributed by atoms with Crippen molar-refractivity contribution in [3.05, 3.63) is 90.0 Å². The number of benzene rings is 3. The molecule has 0 saturated carbocycles. The minimum absolute atomic E-state index is 0.276. The maximum absolute atomic E-state index is 12.2. The van der Waals surface area contributed by atoms with E-state index in [1.165, 1.54) is 0 Å². The second kappa shape index (κ2) is 9.38. The third-order valence-corrected chi connectivity index (χ3v) is 4.21. The molecule has 7 nitrogen and oxygen atoms in total. The first-order chi connectivity index (χ1) is 14.0. The average molecular weight is 391 g/mol. The number of hydroxylamine groups is 1. The van der Waals surface area contributed by atoms with Crippen molar-refractivity contribution in [1.82, 2.24) is 10.8 Å². The molecule has 0 heterocycles. The van der Waals surface area contributed by atoms with Crippen LogP contribution in [0.4, 0.5) is 10.5 Å². The van der Waals surface area contributed by atoms with Crippen molar-refractivity contribution < 1.29 is 19.5 Å². The molecule has 0 aliphatic heterocycles. The Morgan fingerprint density at radius 3 is 2.10 bits per heavy atom. The van der Waals surface area contributed by atoms with E-state index in [1.807, 2.05) is 37.3 Å². The summed E-state index contributed by atoms with van der Waals surface area (Å²) in [6.07, 6.45) is 0. The van der Waals surface area contributed by atoms with Gasteiger partial charge in [0.05, 0.1) is 6.04 Å². The first kappa shape index (κ1) is 19.9. The van der Waals surface area contributed by atoms with Gasteiger partial charge in [-0.15, -0.1) is 0 Å². The molecular formula is C22H21N3O4. The second-order valence-electron chi connectivity index (χ2n) is 6.32. The highest BCUT2D eigenvalue weighted by Gasteiger charge is 2.11. The number of hydrogen-bond donors (Lipinski definition) is 4. The molecule has 1 atom stereocenters. The van der Waals surface area contributed by atoms with Gasteiger partial charge >= 0.3 is 6.03 Å². The molecule has 0 spiro atoms. The van der Waals surface area contributed by atoms with Gasteiger partial charge in [-0.2, -0.15) is 0 Å². The highest BCUT2D eigenvalue weighted by atomic mass is 16.5. The summed E-state index contributed by atoms with van der Waals surface area (Å²) >= 11 is 0. The number of urea groups is 1. The topological polar surface area (TPSA) is 99.7 Å². The van der Waals surface area contributed by atoms with Gasteiger partial charge in [-0.05, 0) is 61.0 Å². The summed E-state index contributed by atoms with van der Waals surface area (Å²) in [7, 11) is 0. The SMILES string of the molecule is CC(NC(=O)Nc1ccc(Oc2ccccc2)cc1)c1ccc(C(=O)NO)cc1. The van der Waals surface area contributed by atoms with E-state index in [2.05, 4.69) is 10.6 Å². The summed E-state index contributed by atoms with van der Waals surface area (Å²) in [4.78, 5) is 23.6. The third-order valence-electron chi connectivity index (χ3n) is 4.21. The monoisotopic (exact) mass is 391 g/mol. The van der Waals surface area contributed by atoms with Crippen molar-refractivity contribution in [2.45, 2.75) is 13.0 Å². The molecule has 4 N–H and O–H groups in total. The second-order valence-corrected chi connectivity index (χ2v) is 6.32. The van der Waals surface area contributed by atoms with Gasteiger partial charge in [0, 0.05) is 11.3 Å². The molecule has 1 unspecified atom stereocenters. The lowest BCUT2D eigenvalue weighted by molar-refractivity contribution is 0.0706. The van der Waals surface area contributed by atoms with Crippen LogP contribution >= 0.6 is 0 Å². The molecule has 0 aliphatic rings. The zero-order valence-electron chi connectivity index (χ0n) is 15.8. The molecule has 3 rings (SSSR count). The van der Waals surface area contributed by atoms with Crippen LogP contribution in [0.15, 0.2) is 78.9 Å². The number of anilines is 1. The number of carbonyl (C=O) groups excluding carboxylic acids is 2. The van der Waals surface area contributed by atoms with Crippen molar-refractivity contribution in [2.24, 2.45) is 0 Å². The van der Waals surface area contributed by atoms with Gasteiger partial charge in [-0.1, -0.05) is 30.3 Å². The molecule has 29 heavy (non-hydrogen) atoms. The van der Waals surface area contributed by atoms with E-state index in [9.17, 15) is 9.59 Å². The van der Waals surface area contributed by atoms with Crippen molar-refractivity contribution in [1.29, 1.82) is 0 Å². The number of amides is 3. The van der Waals surface area contributed by atoms with E-state index in [0.29, 0.717) is 17.0 Å². The third kappa shape index (κ3) is 5.57. The summed E-state index contributed by atoms with van der Waals surface area (Å²) in [5.41, 5.74) is 3.35. The van der Waals surface area contributed by atoms with Gasteiger partial charge < -0.3 is 15.4 Å². The first-order valence-electron chi connectivity index (χ1n) is 9.00. The highest BCUT2D eigenvalue weighted by Crippen LogP contribution is 2.22. The summed E-state index contributed by atoms with van der Waals surface area (Å²) in [5.74, 6) is 0.819. The molecule has 0 radical (unpaired) electrons. The Morgan fingerprint density at radius 1 is 0.862 bits per heavy atom. The van der Waals surface area contributed by atoms with E-state index in [0.717, 1.165) is 11.3 Å². The van der Waals surface area contributed by atoms with E-state index < -0.39 is 5.91 Å². The predicted octanol–water partition coefficient (Wildman–Crippen LogP) is 4.48. The van der Waals surface area contributed by atoms with Gasteiger partial charge in [0.1, 0.15) is 11.5 Å². The van der Waals surface area contributed by atoms with Crippen LogP contribution in [0.2, 0.25) is 0 Å². The molecule has 3 aromatic rings. The Morgan fingerprint density at radius 2 is 1.48 bits per heavy atom. The smallest absolute Gasteiger partial charge is 0.319 e. The highest BCUT2D eigenvalue weighted by molar-refractivity contribution is 5.93. The Hall–Kier alpha value is -3.84.